The van der Waals surface area contributed by atoms with Crippen molar-refractivity contribution in [3.05, 3.63) is 0 Å². The summed E-state index contributed by atoms with van der Waals surface area (Å²) in [6.45, 7) is 8.54. The molecule has 0 amide bonds. The van der Waals surface area contributed by atoms with Gasteiger partial charge in [0.25, 0.3) is 0 Å². The van der Waals surface area contributed by atoms with Crippen molar-refractivity contribution in [3.63, 3.8) is 0 Å². The predicted molar refractivity (Wildman–Crippen MR) is 66.4 cm³/mol. The Hall–Kier alpha value is -0.120. The second kappa shape index (κ2) is 5.03. The van der Waals surface area contributed by atoms with Crippen molar-refractivity contribution in [3.8, 4) is 0 Å². The molecule has 0 aromatic heterocycles. The van der Waals surface area contributed by atoms with E-state index < -0.39 is 0 Å². The molecule has 0 atom stereocenters. The van der Waals surface area contributed by atoms with Crippen molar-refractivity contribution in [2.45, 2.75) is 51.1 Å². The van der Waals surface area contributed by atoms with Crippen molar-refractivity contribution in [2.24, 2.45) is 11.7 Å². The Morgan fingerprint density at radius 3 is 2.44 bits per heavy atom. The quantitative estimate of drug-likeness (QED) is 0.774. The molecule has 1 saturated heterocycles. The first-order valence-electron chi connectivity index (χ1n) is 6.70. The summed E-state index contributed by atoms with van der Waals surface area (Å²) in [7, 11) is 0. The lowest BCUT2D eigenvalue weighted by Gasteiger charge is -2.39. The second-order valence-electron chi connectivity index (χ2n) is 5.94. The molecule has 0 spiro atoms. The van der Waals surface area contributed by atoms with Crippen molar-refractivity contribution in [1.82, 2.24) is 4.90 Å². The molecule has 1 aliphatic carbocycles. The van der Waals surface area contributed by atoms with Gasteiger partial charge in [-0.25, -0.2) is 0 Å². The topological polar surface area (TPSA) is 38.5 Å². The molecule has 1 aliphatic heterocycles. The maximum atomic E-state index is 6.47. The van der Waals surface area contributed by atoms with Gasteiger partial charge in [-0.15, -0.1) is 0 Å². The van der Waals surface area contributed by atoms with Crippen LogP contribution < -0.4 is 5.73 Å². The Labute approximate surface area is 99.3 Å². The van der Waals surface area contributed by atoms with E-state index in [-0.39, 0.29) is 5.54 Å². The molecule has 94 valence electrons. The molecule has 0 bridgehead atoms. The normalized spacial score (nSPS) is 25.3. The monoisotopic (exact) mass is 226 g/mol. The van der Waals surface area contributed by atoms with Gasteiger partial charge < -0.3 is 10.5 Å². The summed E-state index contributed by atoms with van der Waals surface area (Å²) in [5.74, 6) is 0.950. The minimum Gasteiger partial charge on any atom is -0.381 e. The lowest BCUT2D eigenvalue weighted by atomic mass is 9.90. The third-order valence-corrected chi connectivity index (χ3v) is 3.93. The van der Waals surface area contributed by atoms with Crippen LogP contribution in [0.15, 0.2) is 0 Å². The highest BCUT2D eigenvalue weighted by atomic mass is 16.5. The Kier molecular flexibility index (Phi) is 3.88. The van der Waals surface area contributed by atoms with Crippen LogP contribution in [0.25, 0.3) is 0 Å². The summed E-state index contributed by atoms with van der Waals surface area (Å²) in [5.41, 5.74) is 6.47. The molecule has 16 heavy (non-hydrogen) atoms. The van der Waals surface area contributed by atoms with Crippen molar-refractivity contribution >= 4 is 0 Å². The Morgan fingerprint density at radius 2 is 1.94 bits per heavy atom. The summed E-state index contributed by atoms with van der Waals surface area (Å²) in [6, 6.07) is 0.615. The molecule has 3 heteroatoms. The van der Waals surface area contributed by atoms with Gasteiger partial charge in [0.15, 0.2) is 0 Å². The van der Waals surface area contributed by atoms with Gasteiger partial charge in [-0.05, 0) is 45.4 Å². The van der Waals surface area contributed by atoms with E-state index in [9.17, 15) is 0 Å². The maximum Gasteiger partial charge on any atom is 0.0484 e. The van der Waals surface area contributed by atoms with Crippen LogP contribution >= 0.6 is 0 Å². The fourth-order valence-corrected chi connectivity index (χ4v) is 2.43. The minimum absolute atomic E-state index is 0.00257. The first kappa shape index (κ1) is 12.3. The average Bonchev–Trinajstić information content (AvgIpc) is 3.01. The summed E-state index contributed by atoms with van der Waals surface area (Å²) < 4.78 is 5.40. The molecule has 0 unspecified atom stereocenters. The first-order valence-corrected chi connectivity index (χ1v) is 6.70. The molecular formula is C13H26N2O. The third kappa shape index (κ3) is 3.44. The predicted octanol–water partition coefficient (Wildman–Crippen LogP) is 1.61. The number of nitrogens with two attached hydrogens (primary N) is 1. The standard InChI is InChI=1S/C13H26N2O/c1-11(2)15(9-12-3-4-12)10-13(14)5-7-16-8-6-13/h11-12H,3-10,14H2,1-2H3. The van der Waals surface area contributed by atoms with Crippen molar-refractivity contribution in [1.29, 1.82) is 0 Å². The summed E-state index contributed by atoms with van der Waals surface area (Å²) >= 11 is 0. The highest BCUT2D eigenvalue weighted by Gasteiger charge is 2.33. The van der Waals surface area contributed by atoms with Crippen LogP contribution in [-0.2, 0) is 4.74 Å². The Bertz CT molecular complexity index is 220. The van der Waals surface area contributed by atoms with Crippen LogP contribution in [0.4, 0.5) is 0 Å². The smallest absolute Gasteiger partial charge is 0.0484 e. The Morgan fingerprint density at radius 1 is 1.31 bits per heavy atom. The zero-order valence-electron chi connectivity index (χ0n) is 10.7. The number of hydrogen-bond donors (Lipinski definition) is 1. The van der Waals surface area contributed by atoms with E-state index in [2.05, 4.69) is 18.7 Å². The van der Waals surface area contributed by atoms with E-state index in [0.717, 1.165) is 38.5 Å². The van der Waals surface area contributed by atoms with E-state index >= 15 is 0 Å². The molecule has 2 N–H and O–H groups in total. The van der Waals surface area contributed by atoms with Gasteiger partial charge in [0, 0.05) is 37.9 Å². The minimum atomic E-state index is -0.00257. The van der Waals surface area contributed by atoms with E-state index in [1.807, 2.05) is 0 Å². The van der Waals surface area contributed by atoms with E-state index in [1.54, 1.807) is 0 Å². The zero-order chi connectivity index (χ0) is 11.6. The van der Waals surface area contributed by atoms with Crippen LogP contribution in [0.2, 0.25) is 0 Å². The van der Waals surface area contributed by atoms with E-state index in [1.165, 1.54) is 19.4 Å². The molecule has 2 rings (SSSR count). The molecule has 1 saturated carbocycles. The molecule has 0 radical (unpaired) electrons. The summed E-state index contributed by atoms with van der Waals surface area (Å²) in [4.78, 5) is 2.57. The SMILES string of the molecule is CC(C)N(CC1CC1)CC1(N)CCOCC1. The fraction of sp³-hybridized carbons (Fsp3) is 1.00. The highest BCUT2D eigenvalue weighted by molar-refractivity contribution is 4.91. The Balaban J connectivity index is 1.87. The maximum absolute atomic E-state index is 6.47. The second-order valence-corrected chi connectivity index (χ2v) is 5.94. The number of ether oxygens (including phenoxy) is 1. The van der Waals surface area contributed by atoms with Crippen LogP contribution in [0.1, 0.15) is 39.5 Å². The zero-order valence-corrected chi connectivity index (χ0v) is 10.7. The van der Waals surface area contributed by atoms with Gasteiger partial charge in [0.2, 0.25) is 0 Å². The summed E-state index contributed by atoms with van der Waals surface area (Å²) in [6.07, 6.45) is 4.87. The fourth-order valence-electron chi connectivity index (χ4n) is 2.43. The first-order chi connectivity index (χ1) is 7.59. The summed E-state index contributed by atoms with van der Waals surface area (Å²) in [5, 5.41) is 0. The van der Waals surface area contributed by atoms with Gasteiger partial charge >= 0.3 is 0 Å². The van der Waals surface area contributed by atoms with Gasteiger partial charge in [0.05, 0.1) is 0 Å². The van der Waals surface area contributed by atoms with Crippen LogP contribution in [0.5, 0.6) is 0 Å². The lowest BCUT2D eigenvalue weighted by Crippen LogP contribution is -2.55. The number of rotatable bonds is 5. The molecule has 2 fully saturated rings. The van der Waals surface area contributed by atoms with E-state index in [4.69, 9.17) is 10.5 Å². The average molecular weight is 226 g/mol. The third-order valence-electron chi connectivity index (χ3n) is 3.93. The van der Waals surface area contributed by atoms with Crippen molar-refractivity contribution in [2.75, 3.05) is 26.3 Å². The molecule has 0 aromatic carbocycles. The van der Waals surface area contributed by atoms with Gasteiger partial charge in [-0.2, -0.15) is 0 Å². The molecule has 2 aliphatic rings. The molecule has 0 aromatic rings. The molecular weight excluding hydrogens is 200 g/mol. The number of nitrogens with zero attached hydrogens (tertiary/aromatic N) is 1. The largest absolute Gasteiger partial charge is 0.381 e. The van der Waals surface area contributed by atoms with Gasteiger partial charge in [-0.3, -0.25) is 4.90 Å². The lowest BCUT2D eigenvalue weighted by molar-refractivity contribution is 0.0318. The van der Waals surface area contributed by atoms with Crippen LogP contribution in [0.3, 0.4) is 0 Å². The van der Waals surface area contributed by atoms with Crippen LogP contribution in [-0.4, -0.2) is 42.8 Å². The highest BCUT2D eigenvalue weighted by Crippen LogP contribution is 2.31. The van der Waals surface area contributed by atoms with Gasteiger partial charge in [0.1, 0.15) is 0 Å². The number of hydrogen-bond acceptors (Lipinski definition) is 3. The molecule has 1 heterocycles. The van der Waals surface area contributed by atoms with E-state index in [0.29, 0.717) is 6.04 Å². The molecule has 3 nitrogen and oxygen atoms in total. The van der Waals surface area contributed by atoms with Crippen LogP contribution in [0, 0.1) is 5.92 Å². The van der Waals surface area contributed by atoms with Crippen molar-refractivity contribution < 1.29 is 4.74 Å². The van der Waals surface area contributed by atoms with Gasteiger partial charge in [-0.1, -0.05) is 0 Å².